The molecule has 6 heteroatoms. The second-order valence-corrected chi connectivity index (χ2v) is 4.60. The summed E-state index contributed by atoms with van der Waals surface area (Å²) >= 11 is 0. The van der Waals surface area contributed by atoms with E-state index in [0.717, 1.165) is 44.9 Å². The number of hydrogen-bond acceptors (Lipinski definition) is 6. The van der Waals surface area contributed by atoms with Crippen LogP contribution < -0.4 is 15.4 Å². The van der Waals surface area contributed by atoms with Crippen molar-refractivity contribution in [1.29, 1.82) is 0 Å². The molecule has 1 aromatic rings. The maximum absolute atomic E-state index is 5.78. The van der Waals surface area contributed by atoms with Crippen LogP contribution in [-0.4, -0.2) is 49.4 Å². The molecule has 2 N–H and O–H groups in total. The molecule has 0 unspecified atom stereocenters. The summed E-state index contributed by atoms with van der Waals surface area (Å²) in [6.45, 7) is 3.29. The number of anilines is 1. The number of nitrogens with zero attached hydrogens (tertiary/aromatic N) is 3. The number of piperidine rings is 1. The molecule has 1 fully saturated rings. The summed E-state index contributed by atoms with van der Waals surface area (Å²) in [7, 11) is 1.61. The van der Waals surface area contributed by atoms with Gasteiger partial charge < -0.3 is 20.1 Å². The predicted molar refractivity (Wildman–Crippen MR) is 73.4 cm³/mol. The first kappa shape index (κ1) is 14.0. The maximum Gasteiger partial charge on any atom is 0.228 e. The molecule has 1 saturated heterocycles. The minimum Gasteiger partial charge on any atom is -0.481 e. The molecule has 0 saturated carbocycles. The van der Waals surface area contributed by atoms with Crippen LogP contribution in [0, 0.1) is 0 Å². The van der Waals surface area contributed by atoms with Crippen LogP contribution in [0.15, 0.2) is 12.3 Å². The molecule has 0 radical (unpaired) electrons. The highest BCUT2D eigenvalue weighted by Gasteiger charge is 2.21. The van der Waals surface area contributed by atoms with Crippen LogP contribution >= 0.6 is 0 Å². The summed E-state index contributed by atoms with van der Waals surface area (Å²) in [6, 6.07) is 1.76. The van der Waals surface area contributed by atoms with Gasteiger partial charge >= 0.3 is 0 Å². The molecule has 0 atom stereocenters. The van der Waals surface area contributed by atoms with Gasteiger partial charge in [-0.15, -0.1) is 0 Å². The molecule has 2 rings (SSSR count). The summed E-state index contributed by atoms with van der Waals surface area (Å²) in [6.07, 6.45) is 5.01. The van der Waals surface area contributed by atoms with E-state index < -0.39 is 0 Å². The third-order valence-corrected chi connectivity index (χ3v) is 3.25. The summed E-state index contributed by atoms with van der Waals surface area (Å²) in [5, 5.41) is 0. The summed E-state index contributed by atoms with van der Waals surface area (Å²) in [5.41, 5.74) is 5.45. The van der Waals surface area contributed by atoms with Crippen LogP contribution in [0.5, 0.6) is 5.88 Å². The van der Waals surface area contributed by atoms with Crippen molar-refractivity contribution in [2.45, 2.75) is 25.4 Å². The Labute approximate surface area is 113 Å². The first-order chi connectivity index (χ1) is 9.33. The first-order valence-electron chi connectivity index (χ1n) is 6.77. The second-order valence-electron chi connectivity index (χ2n) is 4.60. The molecule has 0 bridgehead atoms. The molecule has 1 aromatic heterocycles. The average molecular weight is 266 g/mol. The lowest BCUT2D eigenvalue weighted by atomic mass is 10.1. The van der Waals surface area contributed by atoms with Gasteiger partial charge in [-0.2, -0.15) is 4.98 Å². The van der Waals surface area contributed by atoms with E-state index in [1.807, 2.05) is 0 Å². The molecular formula is C13H22N4O2. The second kappa shape index (κ2) is 7.25. The van der Waals surface area contributed by atoms with Gasteiger partial charge in [-0.3, -0.25) is 0 Å². The summed E-state index contributed by atoms with van der Waals surface area (Å²) in [4.78, 5) is 10.8. The Hall–Kier alpha value is -1.40. The van der Waals surface area contributed by atoms with E-state index in [-0.39, 0.29) is 0 Å². The molecule has 106 valence electrons. The third kappa shape index (κ3) is 4.04. The normalized spacial score (nSPS) is 16.6. The monoisotopic (exact) mass is 266 g/mol. The number of rotatable bonds is 6. The van der Waals surface area contributed by atoms with Crippen LogP contribution in [0.2, 0.25) is 0 Å². The van der Waals surface area contributed by atoms with Gasteiger partial charge in [0.15, 0.2) is 0 Å². The van der Waals surface area contributed by atoms with Crippen LogP contribution in [0.3, 0.4) is 0 Å². The fourth-order valence-corrected chi connectivity index (χ4v) is 2.15. The molecule has 2 heterocycles. The topological polar surface area (TPSA) is 73.5 Å². The zero-order chi connectivity index (χ0) is 13.5. The predicted octanol–water partition coefficient (Wildman–Crippen LogP) is 0.819. The number of hydrogen-bond donors (Lipinski definition) is 1. The van der Waals surface area contributed by atoms with Gasteiger partial charge in [-0.05, 0) is 25.8 Å². The van der Waals surface area contributed by atoms with Crippen LogP contribution in [0.25, 0.3) is 0 Å². The molecule has 1 aliphatic heterocycles. The van der Waals surface area contributed by atoms with Crippen molar-refractivity contribution in [2.24, 2.45) is 5.73 Å². The van der Waals surface area contributed by atoms with Gasteiger partial charge in [-0.1, -0.05) is 0 Å². The van der Waals surface area contributed by atoms with Crippen LogP contribution in [0.1, 0.15) is 19.3 Å². The smallest absolute Gasteiger partial charge is 0.228 e. The molecule has 6 nitrogen and oxygen atoms in total. The lowest BCUT2D eigenvalue weighted by molar-refractivity contribution is 0.0364. The number of aromatic nitrogens is 2. The zero-order valence-electron chi connectivity index (χ0n) is 11.4. The van der Waals surface area contributed by atoms with E-state index in [1.165, 1.54) is 0 Å². The number of methoxy groups -OCH3 is 1. The van der Waals surface area contributed by atoms with E-state index in [2.05, 4.69) is 14.9 Å². The molecule has 0 aromatic carbocycles. The van der Waals surface area contributed by atoms with Crippen molar-refractivity contribution in [3.63, 3.8) is 0 Å². The molecular weight excluding hydrogens is 244 g/mol. The van der Waals surface area contributed by atoms with E-state index in [9.17, 15) is 0 Å². The van der Waals surface area contributed by atoms with E-state index >= 15 is 0 Å². The van der Waals surface area contributed by atoms with Crippen molar-refractivity contribution >= 4 is 5.95 Å². The fourth-order valence-electron chi connectivity index (χ4n) is 2.15. The molecule has 1 aliphatic rings. The first-order valence-corrected chi connectivity index (χ1v) is 6.77. The highest BCUT2D eigenvalue weighted by molar-refractivity contribution is 5.32. The number of ether oxygens (including phenoxy) is 2. The molecule has 0 amide bonds. The molecule has 0 spiro atoms. The number of nitrogens with two attached hydrogens (primary N) is 1. The SMILES string of the molecule is COc1ccnc(N2CCC(OCCCN)CC2)n1. The minimum absolute atomic E-state index is 0.341. The van der Waals surface area contributed by atoms with Gasteiger partial charge in [0.25, 0.3) is 0 Å². The minimum atomic E-state index is 0.341. The Balaban J connectivity index is 1.82. The van der Waals surface area contributed by atoms with E-state index in [0.29, 0.717) is 18.5 Å². The highest BCUT2D eigenvalue weighted by atomic mass is 16.5. The van der Waals surface area contributed by atoms with Crippen LogP contribution in [-0.2, 0) is 4.74 Å². The third-order valence-electron chi connectivity index (χ3n) is 3.25. The largest absolute Gasteiger partial charge is 0.481 e. The molecule has 0 aliphatic carbocycles. The average Bonchev–Trinajstić information content (AvgIpc) is 2.48. The van der Waals surface area contributed by atoms with E-state index in [1.54, 1.807) is 19.4 Å². The fraction of sp³-hybridized carbons (Fsp3) is 0.692. The summed E-state index contributed by atoms with van der Waals surface area (Å²) < 4.78 is 10.9. The van der Waals surface area contributed by atoms with Crippen molar-refractivity contribution in [2.75, 3.05) is 38.3 Å². The van der Waals surface area contributed by atoms with Gasteiger partial charge in [0, 0.05) is 32.0 Å². The van der Waals surface area contributed by atoms with Gasteiger partial charge in [-0.25, -0.2) is 4.98 Å². The van der Waals surface area contributed by atoms with Gasteiger partial charge in [0.05, 0.1) is 13.2 Å². The standard InChI is InChI=1S/C13H22N4O2/c1-18-12-3-7-15-13(16-12)17-8-4-11(5-9-17)19-10-2-6-14/h3,7,11H,2,4-6,8-10,14H2,1H3. The lowest BCUT2D eigenvalue weighted by Gasteiger charge is -2.31. The summed E-state index contributed by atoms with van der Waals surface area (Å²) in [5.74, 6) is 1.34. The lowest BCUT2D eigenvalue weighted by Crippen LogP contribution is -2.38. The zero-order valence-corrected chi connectivity index (χ0v) is 11.4. The quantitative estimate of drug-likeness (QED) is 0.768. The Bertz CT molecular complexity index is 381. The Morgan fingerprint density at radius 2 is 2.21 bits per heavy atom. The highest BCUT2D eigenvalue weighted by Crippen LogP contribution is 2.19. The van der Waals surface area contributed by atoms with Crippen LogP contribution in [0.4, 0.5) is 5.95 Å². The molecule has 19 heavy (non-hydrogen) atoms. The van der Waals surface area contributed by atoms with Gasteiger partial charge in [0.1, 0.15) is 0 Å². The Morgan fingerprint density at radius 3 is 2.89 bits per heavy atom. The van der Waals surface area contributed by atoms with Crippen molar-refractivity contribution in [3.05, 3.63) is 12.3 Å². The maximum atomic E-state index is 5.78. The van der Waals surface area contributed by atoms with E-state index in [4.69, 9.17) is 15.2 Å². The van der Waals surface area contributed by atoms with Crippen molar-refractivity contribution < 1.29 is 9.47 Å². The van der Waals surface area contributed by atoms with Crippen molar-refractivity contribution in [1.82, 2.24) is 9.97 Å². The Kier molecular flexibility index (Phi) is 5.35. The van der Waals surface area contributed by atoms with Crippen molar-refractivity contribution in [3.8, 4) is 5.88 Å². The Morgan fingerprint density at radius 1 is 1.42 bits per heavy atom. The van der Waals surface area contributed by atoms with Gasteiger partial charge in [0.2, 0.25) is 11.8 Å².